The summed E-state index contributed by atoms with van der Waals surface area (Å²) in [5.41, 5.74) is 0. The van der Waals surface area contributed by atoms with E-state index < -0.39 is 0 Å². The molecule has 10 heavy (non-hydrogen) atoms. The van der Waals surface area contributed by atoms with Gasteiger partial charge in [-0.05, 0) is 18.4 Å². The molecule has 0 unspecified atom stereocenters. The fraction of sp³-hybridized carbons (Fsp3) is 0.167. The summed E-state index contributed by atoms with van der Waals surface area (Å²) in [6.45, 7) is 0. The summed E-state index contributed by atoms with van der Waals surface area (Å²) in [7, 11) is 0. The third-order valence-corrected chi connectivity index (χ3v) is 2.07. The molecule has 0 aliphatic carbocycles. The van der Waals surface area contributed by atoms with E-state index in [1.807, 2.05) is 6.26 Å². The summed E-state index contributed by atoms with van der Waals surface area (Å²) in [6, 6.07) is 3.55. The molecule has 0 atom stereocenters. The highest BCUT2D eigenvalue weighted by atomic mass is 35.5. The topological polar surface area (TPSA) is 12.9 Å². The number of aromatic nitrogens is 1. The van der Waals surface area contributed by atoms with Crippen molar-refractivity contribution in [2.45, 2.75) is 4.90 Å². The van der Waals surface area contributed by atoms with Gasteiger partial charge < -0.3 is 0 Å². The lowest BCUT2D eigenvalue weighted by molar-refractivity contribution is 1.26. The van der Waals surface area contributed by atoms with Crippen LogP contribution in [0.5, 0.6) is 0 Å². The molecule has 1 nitrogen and oxygen atoms in total. The van der Waals surface area contributed by atoms with Crippen molar-refractivity contribution >= 4 is 35.0 Å². The van der Waals surface area contributed by atoms with Crippen LogP contribution in [0.3, 0.4) is 0 Å². The van der Waals surface area contributed by atoms with Gasteiger partial charge in [0.25, 0.3) is 0 Å². The first-order valence-electron chi connectivity index (χ1n) is 2.59. The number of halogens is 2. The number of hydrogen-bond donors (Lipinski definition) is 0. The molecule has 0 aliphatic heterocycles. The van der Waals surface area contributed by atoms with Crippen molar-refractivity contribution in [1.82, 2.24) is 4.98 Å². The van der Waals surface area contributed by atoms with Gasteiger partial charge in [-0.15, -0.1) is 11.8 Å². The van der Waals surface area contributed by atoms with Crippen molar-refractivity contribution in [3.05, 3.63) is 22.4 Å². The summed E-state index contributed by atoms with van der Waals surface area (Å²) < 4.78 is 0. The lowest BCUT2D eigenvalue weighted by Gasteiger charge is -1.96. The Balaban J connectivity index is 3.06. The SMILES string of the molecule is CSc1cc(Cl)nc(Cl)c1. The average molecular weight is 194 g/mol. The van der Waals surface area contributed by atoms with Crippen LogP contribution in [0.25, 0.3) is 0 Å². The van der Waals surface area contributed by atoms with Crippen LogP contribution in [-0.4, -0.2) is 11.2 Å². The lowest BCUT2D eigenvalue weighted by Crippen LogP contribution is -1.77. The Morgan fingerprint density at radius 2 is 1.80 bits per heavy atom. The Labute approximate surface area is 73.7 Å². The van der Waals surface area contributed by atoms with E-state index in [4.69, 9.17) is 23.2 Å². The Morgan fingerprint density at radius 3 is 2.20 bits per heavy atom. The molecule has 0 radical (unpaired) electrons. The first kappa shape index (κ1) is 8.18. The van der Waals surface area contributed by atoms with E-state index in [0.29, 0.717) is 10.3 Å². The van der Waals surface area contributed by atoms with Gasteiger partial charge in [0.1, 0.15) is 10.3 Å². The van der Waals surface area contributed by atoms with E-state index in [-0.39, 0.29) is 0 Å². The second-order valence-electron chi connectivity index (χ2n) is 1.65. The molecule has 1 aromatic rings. The number of pyridine rings is 1. The minimum Gasteiger partial charge on any atom is -0.224 e. The maximum absolute atomic E-state index is 5.62. The van der Waals surface area contributed by atoms with Crippen molar-refractivity contribution in [3.8, 4) is 0 Å². The Bertz CT molecular complexity index is 219. The first-order chi connectivity index (χ1) is 4.72. The minimum atomic E-state index is 0.442. The summed E-state index contributed by atoms with van der Waals surface area (Å²) in [6.07, 6.45) is 1.96. The Kier molecular flexibility index (Phi) is 2.83. The van der Waals surface area contributed by atoms with E-state index >= 15 is 0 Å². The number of hydrogen-bond acceptors (Lipinski definition) is 2. The number of thioether (sulfide) groups is 1. The van der Waals surface area contributed by atoms with Crippen LogP contribution in [0.4, 0.5) is 0 Å². The quantitative estimate of drug-likeness (QED) is 0.503. The smallest absolute Gasteiger partial charge is 0.131 e. The van der Waals surface area contributed by atoms with Gasteiger partial charge in [-0.1, -0.05) is 23.2 Å². The maximum Gasteiger partial charge on any atom is 0.131 e. The van der Waals surface area contributed by atoms with Crippen LogP contribution in [0.2, 0.25) is 10.3 Å². The van der Waals surface area contributed by atoms with Gasteiger partial charge in [0.05, 0.1) is 0 Å². The van der Waals surface area contributed by atoms with E-state index in [1.54, 1.807) is 23.9 Å². The molecule has 1 heterocycles. The zero-order chi connectivity index (χ0) is 7.56. The van der Waals surface area contributed by atoms with Gasteiger partial charge in [0.15, 0.2) is 0 Å². The van der Waals surface area contributed by atoms with Crippen LogP contribution in [0.15, 0.2) is 17.0 Å². The highest BCUT2D eigenvalue weighted by molar-refractivity contribution is 7.98. The van der Waals surface area contributed by atoms with E-state index in [2.05, 4.69) is 4.98 Å². The standard InChI is InChI=1S/C6H5Cl2NS/c1-10-4-2-5(7)9-6(8)3-4/h2-3H,1H3. The summed E-state index contributed by atoms with van der Waals surface area (Å²) in [5.74, 6) is 0. The highest BCUT2D eigenvalue weighted by Crippen LogP contribution is 2.21. The molecular formula is C6H5Cl2NS. The van der Waals surface area contributed by atoms with Crippen molar-refractivity contribution in [3.63, 3.8) is 0 Å². The number of rotatable bonds is 1. The molecule has 0 aromatic carbocycles. The fourth-order valence-electron chi connectivity index (χ4n) is 0.561. The van der Waals surface area contributed by atoms with Crippen LogP contribution in [0, 0.1) is 0 Å². The van der Waals surface area contributed by atoms with Crippen LogP contribution >= 0.6 is 35.0 Å². The monoisotopic (exact) mass is 193 g/mol. The summed E-state index contributed by atoms with van der Waals surface area (Å²) >= 11 is 12.8. The van der Waals surface area contributed by atoms with Gasteiger partial charge in [-0.2, -0.15) is 0 Å². The molecule has 4 heteroatoms. The van der Waals surface area contributed by atoms with Gasteiger partial charge in [-0.25, -0.2) is 4.98 Å². The van der Waals surface area contributed by atoms with Crippen molar-refractivity contribution in [2.24, 2.45) is 0 Å². The molecule has 1 aromatic heterocycles. The average Bonchev–Trinajstić information content (AvgIpc) is 1.85. The second-order valence-corrected chi connectivity index (χ2v) is 3.31. The van der Waals surface area contributed by atoms with Gasteiger partial charge in [0.2, 0.25) is 0 Å². The molecule has 0 saturated carbocycles. The van der Waals surface area contributed by atoms with E-state index in [1.165, 1.54) is 0 Å². The predicted octanol–water partition coefficient (Wildman–Crippen LogP) is 3.11. The minimum absolute atomic E-state index is 0.442. The van der Waals surface area contributed by atoms with Crippen molar-refractivity contribution in [2.75, 3.05) is 6.26 Å². The highest BCUT2D eigenvalue weighted by Gasteiger charge is 1.96. The lowest BCUT2D eigenvalue weighted by atomic mass is 10.5. The molecule has 0 amide bonds. The van der Waals surface area contributed by atoms with Gasteiger partial charge >= 0.3 is 0 Å². The van der Waals surface area contributed by atoms with Crippen LogP contribution in [-0.2, 0) is 0 Å². The summed E-state index contributed by atoms with van der Waals surface area (Å²) in [5, 5.41) is 0.883. The fourth-order valence-corrected chi connectivity index (χ4v) is 1.61. The van der Waals surface area contributed by atoms with Crippen molar-refractivity contribution in [1.29, 1.82) is 0 Å². The number of nitrogens with zero attached hydrogens (tertiary/aromatic N) is 1. The van der Waals surface area contributed by atoms with Crippen LogP contribution < -0.4 is 0 Å². The largest absolute Gasteiger partial charge is 0.224 e. The second kappa shape index (κ2) is 3.46. The van der Waals surface area contributed by atoms with Gasteiger partial charge in [-0.3, -0.25) is 0 Å². The third-order valence-electron chi connectivity index (χ3n) is 0.972. The Hall–Kier alpha value is 0.0800. The van der Waals surface area contributed by atoms with Gasteiger partial charge in [0, 0.05) is 4.90 Å². The molecule has 1 rings (SSSR count). The molecule has 0 bridgehead atoms. The third kappa shape index (κ3) is 2.04. The molecule has 0 N–H and O–H groups in total. The molecule has 0 fully saturated rings. The zero-order valence-electron chi connectivity index (χ0n) is 5.27. The normalized spacial score (nSPS) is 9.90. The van der Waals surface area contributed by atoms with E-state index in [0.717, 1.165) is 4.90 Å². The zero-order valence-corrected chi connectivity index (χ0v) is 7.59. The first-order valence-corrected chi connectivity index (χ1v) is 4.57. The predicted molar refractivity (Wildman–Crippen MR) is 46.0 cm³/mol. The van der Waals surface area contributed by atoms with Crippen molar-refractivity contribution < 1.29 is 0 Å². The van der Waals surface area contributed by atoms with E-state index in [9.17, 15) is 0 Å². The molecule has 0 spiro atoms. The Morgan fingerprint density at radius 1 is 1.30 bits per heavy atom. The maximum atomic E-state index is 5.62. The molecule has 0 aliphatic rings. The molecule has 54 valence electrons. The molecular weight excluding hydrogens is 189 g/mol. The summed E-state index contributed by atoms with van der Waals surface area (Å²) in [4.78, 5) is 4.83. The molecule has 0 saturated heterocycles. The van der Waals surface area contributed by atoms with Crippen LogP contribution in [0.1, 0.15) is 0 Å².